The lowest BCUT2D eigenvalue weighted by Gasteiger charge is -2.20. The second-order valence-electron chi connectivity index (χ2n) is 5.88. The number of nitrogens with one attached hydrogen (secondary N) is 2. The molecule has 1 aliphatic carbocycles. The van der Waals surface area contributed by atoms with Gasteiger partial charge in [0.25, 0.3) is 0 Å². The lowest BCUT2D eigenvalue weighted by molar-refractivity contribution is 0.231. The van der Waals surface area contributed by atoms with E-state index < -0.39 is 0 Å². The van der Waals surface area contributed by atoms with Crippen LogP contribution in [0.2, 0.25) is 0 Å². The van der Waals surface area contributed by atoms with E-state index in [1.807, 2.05) is 33.2 Å². The van der Waals surface area contributed by atoms with Crippen LogP contribution in [0.3, 0.4) is 0 Å². The fraction of sp³-hybridized carbons (Fsp3) is 0.692. The van der Waals surface area contributed by atoms with E-state index in [1.54, 1.807) is 0 Å². The molecule has 0 aromatic carbocycles. The summed E-state index contributed by atoms with van der Waals surface area (Å²) < 4.78 is 2.13. The predicted molar refractivity (Wildman–Crippen MR) is 70.5 cm³/mol. The van der Waals surface area contributed by atoms with Gasteiger partial charge in [-0.25, -0.2) is 9.78 Å². The van der Waals surface area contributed by atoms with E-state index in [0.29, 0.717) is 12.5 Å². The Morgan fingerprint density at radius 3 is 2.83 bits per heavy atom. The third-order valence-corrected chi connectivity index (χ3v) is 2.82. The minimum absolute atomic E-state index is 0.115. The number of rotatable bonds is 4. The molecular weight excluding hydrogens is 228 g/mol. The summed E-state index contributed by atoms with van der Waals surface area (Å²) in [5.41, 5.74) is -0.196. The van der Waals surface area contributed by atoms with E-state index in [-0.39, 0.29) is 11.6 Å². The average molecular weight is 250 g/mol. The smallest absolute Gasteiger partial charge is 0.315 e. The standard InChI is InChI=1S/C13H22N4O/c1-13(2,3)16-12(18)15-7-9-17-8-6-14-11(17)10-4-5-10/h6,8,10H,4-5,7,9H2,1-3H3,(H2,15,16,18). The molecular formula is C13H22N4O. The van der Waals surface area contributed by atoms with Crippen LogP contribution in [0.5, 0.6) is 0 Å². The normalized spacial score (nSPS) is 15.5. The van der Waals surface area contributed by atoms with E-state index in [4.69, 9.17) is 0 Å². The molecule has 2 amide bonds. The third-order valence-electron chi connectivity index (χ3n) is 2.82. The molecule has 0 saturated heterocycles. The third kappa shape index (κ3) is 3.75. The van der Waals surface area contributed by atoms with Gasteiger partial charge in [-0.1, -0.05) is 0 Å². The van der Waals surface area contributed by atoms with Gasteiger partial charge in [0.15, 0.2) is 0 Å². The first-order chi connectivity index (χ1) is 8.46. The molecule has 100 valence electrons. The highest BCUT2D eigenvalue weighted by molar-refractivity contribution is 5.74. The quantitative estimate of drug-likeness (QED) is 0.857. The van der Waals surface area contributed by atoms with Gasteiger partial charge in [-0.3, -0.25) is 0 Å². The highest BCUT2D eigenvalue weighted by Crippen LogP contribution is 2.38. The van der Waals surface area contributed by atoms with Crippen molar-refractivity contribution in [3.05, 3.63) is 18.2 Å². The summed E-state index contributed by atoms with van der Waals surface area (Å²) in [6.07, 6.45) is 6.31. The van der Waals surface area contributed by atoms with E-state index in [9.17, 15) is 4.79 Å². The molecule has 5 nitrogen and oxygen atoms in total. The topological polar surface area (TPSA) is 59.0 Å². The van der Waals surface area contributed by atoms with Gasteiger partial charge >= 0.3 is 6.03 Å². The Morgan fingerprint density at radius 1 is 1.50 bits per heavy atom. The number of aromatic nitrogens is 2. The van der Waals surface area contributed by atoms with Crippen LogP contribution in [-0.2, 0) is 6.54 Å². The van der Waals surface area contributed by atoms with Gasteiger partial charge in [-0.15, -0.1) is 0 Å². The van der Waals surface area contributed by atoms with Crippen molar-refractivity contribution in [1.29, 1.82) is 0 Å². The summed E-state index contributed by atoms with van der Waals surface area (Å²) in [6.45, 7) is 7.30. The molecule has 0 spiro atoms. The first kappa shape index (κ1) is 12.9. The van der Waals surface area contributed by atoms with E-state index >= 15 is 0 Å². The Bertz CT molecular complexity index is 415. The van der Waals surface area contributed by atoms with Crippen molar-refractivity contribution in [2.75, 3.05) is 6.54 Å². The molecule has 1 aliphatic rings. The number of hydrogen-bond acceptors (Lipinski definition) is 2. The van der Waals surface area contributed by atoms with Crippen LogP contribution < -0.4 is 10.6 Å². The molecule has 1 aromatic heterocycles. The van der Waals surface area contributed by atoms with Crippen molar-refractivity contribution >= 4 is 6.03 Å². The maximum Gasteiger partial charge on any atom is 0.315 e. The molecule has 0 aliphatic heterocycles. The van der Waals surface area contributed by atoms with Crippen LogP contribution >= 0.6 is 0 Å². The zero-order chi connectivity index (χ0) is 13.2. The highest BCUT2D eigenvalue weighted by atomic mass is 16.2. The molecule has 1 fully saturated rings. The molecule has 2 rings (SSSR count). The number of amides is 2. The lowest BCUT2D eigenvalue weighted by Crippen LogP contribution is -2.47. The van der Waals surface area contributed by atoms with Gasteiger partial charge in [0.2, 0.25) is 0 Å². The Labute approximate surface area is 108 Å². The number of urea groups is 1. The van der Waals surface area contributed by atoms with Gasteiger partial charge in [-0.2, -0.15) is 0 Å². The fourth-order valence-electron chi connectivity index (χ4n) is 1.89. The lowest BCUT2D eigenvalue weighted by atomic mass is 10.1. The van der Waals surface area contributed by atoms with Crippen LogP contribution in [0.15, 0.2) is 12.4 Å². The van der Waals surface area contributed by atoms with Crippen molar-refractivity contribution in [1.82, 2.24) is 20.2 Å². The Hall–Kier alpha value is -1.52. The van der Waals surface area contributed by atoms with E-state index in [1.165, 1.54) is 12.8 Å². The fourth-order valence-corrected chi connectivity index (χ4v) is 1.89. The number of nitrogens with zero attached hydrogens (tertiary/aromatic N) is 2. The summed E-state index contributed by atoms with van der Waals surface area (Å²) in [7, 11) is 0. The van der Waals surface area contributed by atoms with Gasteiger partial charge in [-0.05, 0) is 33.6 Å². The van der Waals surface area contributed by atoms with Crippen molar-refractivity contribution in [2.24, 2.45) is 0 Å². The summed E-state index contributed by atoms with van der Waals surface area (Å²) in [6, 6.07) is -0.115. The summed E-state index contributed by atoms with van der Waals surface area (Å²) in [5, 5.41) is 5.74. The first-order valence-electron chi connectivity index (χ1n) is 6.53. The maximum atomic E-state index is 11.6. The van der Waals surface area contributed by atoms with E-state index in [2.05, 4.69) is 20.2 Å². The van der Waals surface area contributed by atoms with Crippen molar-refractivity contribution in [2.45, 2.75) is 51.6 Å². The van der Waals surface area contributed by atoms with Crippen molar-refractivity contribution < 1.29 is 4.79 Å². The van der Waals surface area contributed by atoms with Crippen molar-refractivity contribution in [3.8, 4) is 0 Å². The number of carbonyl (C=O) groups excluding carboxylic acids is 1. The summed E-state index contributed by atoms with van der Waals surface area (Å²) in [4.78, 5) is 15.9. The molecule has 1 aromatic rings. The second-order valence-corrected chi connectivity index (χ2v) is 5.88. The zero-order valence-corrected chi connectivity index (χ0v) is 11.4. The predicted octanol–water partition coefficient (Wildman–Crippen LogP) is 1.86. The Morgan fingerprint density at radius 2 is 2.22 bits per heavy atom. The van der Waals surface area contributed by atoms with Gasteiger partial charge < -0.3 is 15.2 Å². The largest absolute Gasteiger partial charge is 0.336 e. The first-order valence-corrected chi connectivity index (χ1v) is 6.53. The van der Waals surface area contributed by atoms with Crippen LogP contribution in [0.25, 0.3) is 0 Å². The number of hydrogen-bond donors (Lipinski definition) is 2. The second kappa shape index (κ2) is 5.00. The molecule has 5 heteroatoms. The van der Waals surface area contributed by atoms with Crippen LogP contribution in [0, 0.1) is 0 Å². The molecule has 18 heavy (non-hydrogen) atoms. The van der Waals surface area contributed by atoms with Crippen LogP contribution in [0.4, 0.5) is 4.79 Å². The molecule has 0 radical (unpaired) electrons. The maximum absolute atomic E-state index is 11.6. The van der Waals surface area contributed by atoms with Crippen LogP contribution in [0.1, 0.15) is 45.4 Å². The van der Waals surface area contributed by atoms with E-state index in [0.717, 1.165) is 12.4 Å². The van der Waals surface area contributed by atoms with Gasteiger partial charge in [0, 0.05) is 36.9 Å². The Balaban J connectivity index is 1.75. The van der Waals surface area contributed by atoms with Crippen LogP contribution in [-0.4, -0.2) is 27.7 Å². The monoisotopic (exact) mass is 250 g/mol. The highest BCUT2D eigenvalue weighted by Gasteiger charge is 2.27. The number of carbonyl (C=O) groups is 1. The average Bonchev–Trinajstić information content (AvgIpc) is 2.97. The molecule has 1 saturated carbocycles. The summed E-state index contributed by atoms with van der Waals surface area (Å²) >= 11 is 0. The zero-order valence-electron chi connectivity index (χ0n) is 11.4. The van der Waals surface area contributed by atoms with Gasteiger partial charge in [0.05, 0.1) is 0 Å². The minimum atomic E-state index is -0.196. The molecule has 0 bridgehead atoms. The molecule has 2 N–H and O–H groups in total. The molecule has 0 unspecified atom stereocenters. The minimum Gasteiger partial charge on any atom is -0.336 e. The SMILES string of the molecule is CC(C)(C)NC(=O)NCCn1ccnc1C1CC1. The molecule has 0 atom stereocenters. The molecule has 1 heterocycles. The van der Waals surface area contributed by atoms with Crippen molar-refractivity contribution in [3.63, 3.8) is 0 Å². The summed E-state index contributed by atoms with van der Waals surface area (Å²) in [5.74, 6) is 1.80. The Kier molecular flexibility index (Phi) is 3.59. The number of imidazole rings is 1. The van der Waals surface area contributed by atoms with Gasteiger partial charge in [0.1, 0.15) is 5.82 Å².